The van der Waals surface area contributed by atoms with Crippen molar-refractivity contribution >= 4 is 5.91 Å². The van der Waals surface area contributed by atoms with Crippen LogP contribution in [0, 0.1) is 13.8 Å². The first kappa shape index (κ1) is 23.3. The summed E-state index contributed by atoms with van der Waals surface area (Å²) in [7, 11) is 4.63. The number of nitrogens with zero attached hydrogens (tertiary/aromatic N) is 2. The molecule has 2 aromatic carbocycles. The quantitative estimate of drug-likeness (QED) is 0.385. The van der Waals surface area contributed by atoms with E-state index in [0.717, 1.165) is 16.7 Å². The fraction of sp³-hybridized carbons (Fsp3) is 0.259. The highest BCUT2D eigenvalue weighted by Gasteiger charge is 2.43. The summed E-state index contributed by atoms with van der Waals surface area (Å²) in [6, 6.07) is 10.4. The molecule has 0 radical (unpaired) electrons. The number of fused-ring (bicyclic) bond motifs is 1. The van der Waals surface area contributed by atoms with Crippen molar-refractivity contribution in [2.24, 2.45) is 0 Å². The summed E-state index contributed by atoms with van der Waals surface area (Å²) in [5.41, 5.74) is 4.49. The Labute approximate surface area is 208 Å². The third-order valence-corrected chi connectivity index (χ3v) is 6.47. The Kier molecular flexibility index (Phi) is 5.83. The Morgan fingerprint density at radius 1 is 1.08 bits per heavy atom. The van der Waals surface area contributed by atoms with Gasteiger partial charge in [0.15, 0.2) is 11.5 Å². The van der Waals surface area contributed by atoms with Crippen LogP contribution in [0.25, 0.3) is 11.3 Å². The van der Waals surface area contributed by atoms with Gasteiger partial charge in [-0.1, -0.05) is 6.07 Å². The number of phenolic OH excluding ortho intramolecular Hbond substituents is 1. The number of aryl methyl sites for hydroxylation is 2. The molecule has 3 heterocycles. The lowest BCUT2D eigenvalue weighted by Gasteiger charge is -2.27. The molecule has 1 atom stereocenters. The maximum absolute atomic E-state index is 13.7. The molecule has 4 aromatic rings. The molecule has 0 aliphatic carbocycles. The second-order valence-corrected chi connectivity index (χ2v) is 8.71. The van der Waals surface area contributed by atoms with E-state index in [0.29, 0.717) is 45.5 Å². The van der Waals surface area contributed by atoms with Crippen molar-refractivity contribution < 1.29 is 28.5 Å². The molecule has 0 fully saturated rings. The number of hydrogen-bond acceptors (Lipinski definition) is 7. The highest BCUT2D eigenvalue weighted by atomic mass is 16.5. The molecule has 1 unspecified atom stereocenters. The number of aromatic hydroxyl groups is 1. The van der Waals surface area contributed by atoms with E-state index < -0.39 is 6.04 Å². The van der Waals surface area contributed by atoms with E-state index in [1.54, 1.807) is 31.4 Å². The lowest BCUT2D eigenvalue weighted by atomic mass is 9.93. The first-order valence-electron chi connectivity index (χ1n) is 11.4. The van der Waals surface area contributed by atoms with Gasteiger partial charge in [0, 0.05) is 11.1 Å². The summed E-state index contributed by atoms with van der Waals surface area (Å²) in [4.78, 5) is 15.4. The van der Waals surface area contributed by atoms with Gasteiger partial charge < -0.3 is 28.6 Å². The number of amides is 1. The van der Waals surface area contributed by atoms with Crippen LogP contribution in [0.15, 0.2) is 47.1 Å². The van der Waals surface area contributed by atoms with Gasteiger partial charge in [0.2, 0.25) is 5.75 Å². The normalized spacial score (nSPS) is 14.8. The molecule has 1 aliphatic rings. The summed E-state index contributed by atoms with van der Waals surface area (Å²) < 4.78 is 22.3. The maximum atomic E-state index is 13.7. The first-order valence-corrected chi connectivity index (χ1v) is 11.4. The number of ether oxygens (including phenoxy) is 3. The Morgan fingerprint density at radius 3 is 2.42 bits per heavy atom. The first-order chi connectivity index (χ1) is 17.4. The molecule has 0 bridgehead atoms. The van der Waals surface area contributed by atoms with Gasteiger partial charge in [-0.3, -0.25) is 9.89 Å². The van der Waals surface area contributed by atoms with Gasteiger partial charge in [-0.2, -0.15) is 5.10 Å². The topological polar surface area (TPSA) is 110 Å². The van der Waals surface area contributed by atoms with Gasteiger partial charge in [0.1, 0.15) is 22.9 Å². The second kappa shape index (κ2) is 8.99. The Morgan fingerprint density at radius 2 is 1.81 bits per heavy atom. The summed E-state index contributed by atoms with van der Waals surface area (Å²) in [6.45, 7) is 4.02. The van der Waals surface area contributed by atoms with Crippen LogP contribution in [-0.4, -0.2) is 47.4 Å². The van der Waals surface area contributed by atoms with E-state index in [1.807, 2.05) is 44.2 Å². The molecule has 9 heteroatoms. The molecular formula is C27H27N3O6. The van der Waals surface area contributed by atoms with E-state index in [1.165, 1.54) is 7.11 Å². The highest BCUT2D eigenvalue weighted by molar-refractivity contribution is 6.00. The molecule has 5 rings (SSSR count). The van der Waals surface area contributed by atoms with Crippen LogP contribution >= 0.6 is 0 Å². The van der Waals surface area contributed by atoms with Gasteiger partial charge in [-0.15, -0.1) is 0 Å². The van der Waals surface area contributed by atoms with Crippen LogP contribution in [-0.2, 0) is 6.54 Å². The zero-order valence-corrected chi connectivity index (χ0v) is 20.7. The summed E-state index contributed by atoms with van der Waals surface area (Å²) in [5.74, 6) is 1.90. The van der Waals surface area contributed by atoms with Crippen molar-refractivity contribution in [3.63, 3.8) is 0 Å². The fourth-order valence-corrected chi connectivity index (χ4v) is 4.88. The summed E-state index contributed by atoms with van der Waals surface area (Å²) in [5, 5.41) is 18.3. The SMILES string of the molecule is COc1cc(C2c3c(-c4cc(C)cc(C)c4O)n[nH]c3C(=O)N2Cc2ccco2)cc(OC)c1OC. The fourth-order valence-electron chi connectivity index (χ4n) is 4.88. The van der Waals surface area contributed by atoms with Crippen LogP contribution in [0.5, 0.6) is 23.0 Å². The number of carbonyl (C=O) groups excluding carboxylic acids is 1. The number of benzene rings is 2. The number of aromatic nitrogens is 2. The summed E-state index contributed by atoms with van der Waals surface area (Å²) >= 11 is 0. The number of carbonyl (C=O) groups is 1. The third-order valence-electron chi connectivity index (χ3n) is 6.47. The number of hydrogen-bond donors (Lipinski definition) is 2. The molecule has 1 amide bonds. The lowest BCUT2D eigenvalue weighted by Crippen LogP contribution is -2.29. The highest BCUT2D eigenvalue weighted by Crippen LogP contribution is 2.49. The van der Waals surface area contributed by atoms with Gasteiger partial charge in [0.05, 0.1) is 40.2 Å². The molecule has 0 saturated heterocycles. The standard InChI is InChI=1S/C27H27N3O6/c1-14-9-15(2)25(31)18(10-14)22-21-23(29-28-22)27(32)30(13-17-7-6-8-36-17)24(21)16-11-19(33-3)26(35-5)20(12-16)34-4/h6-12,24,31H,13H2,1-5H3,(H,28,29). The minimum Gasteiger partial charge on any atom is -0.507 e. The van der Waals surface area contributed by atoms with Crippen molar-refractivity contribution in [3.8, 4) is 34.3 Å². The van der Waals surface area contributed by atoms with Crippen LogP contribution in [0.3, 0.4) is 0 Å². The molecule has 36 heavy (non-hydrogen) atoms. The van der Waals surface area contributed by atoms with Gasteiger partial charge in [0.25, 0.3) is 5.91 Å². The van der Waals surface area contributed by atoms with Crippen LogP contribution < -0.4 is 14.2 Å². The number of methoxy groups -OCH3 is 3. The third kappa shape index (κ3) is 3.64. The van der Waals surface area contributed by atoms with Crippen molar-refractivity contribution in [1.82, 2.24) is 15.1 Å². The van der Waals surface area contributed by atoms with Crippen LogP contribution in [0.1, 0.15) is 44.5 Å². The number of rotatable bonds is 7. The number of nitrogens with one attached hydrogen (secondary N) is 1. The molecule has 2 aromatic heterocycles. The second-order valence-electron chi connectivity index (χ2n) is 8.71. The average molecular weight is 490 g/mol. The van der Waals surface area contributed by atoms with E-state index in [9.17, 15) is 9.90 Å². The summed E-state index contributed by atoms with van der Waals surface area (Å²) in [6.07, 6.45) is 1.57. The van der Waals surface area contributed by atoms with E-state index in [2.05, 4.69) is 10.2 Å². The molecule has 0 saturated carbocycles. The number of H-pyrrole nitrogens is 1. The van der Waals surface area contributed by atoms with Crippen LogP contribution in [0.4, 0.5) is 0 Å². The molecule has 186 valence electrons. The van der Waals surface area contributed by atoms with Crippen molar-refractivity contribution in [1.29, 1.82) is 0 Å². The monoisotopic (exact) mass is 489 g/mol. The van der Waals surface area contributed by atoms with Gasteiger partial charge in [-0.25, -0.2) is 0 Å². The molecular weight excluding hydrogens is 462 g/mol. The van der Waals surface area contributed by atoms with Crippen LogP contribution in [0.2, 0.25) is 0 Å². The van der Waals surface area contributed by atoms with Crippen molar-refractivity contribution in [2.45, 2.75) is 26.4 Å². The Bertz CT molecular complexity index is 1420. The number of furan rings is 1. The predicted octanol–water partition coefficient (Wildman–Crippen LogP) is 4.76. The largest absolute Gasteiger partial charge is 0.507 e. The number of phenols is 1. The average Bonchev–Trinajstić information content (AvgIpc) is 3.60. The Balaban J connectivity index is 1.75. The van der Waals surface area contributed by atoms with E-state index in [-0.39, 0.29) is 18.2 Å². The molecule has 2 N–H and O–H groups in total. The molecule has 9 nitrogen and oxygen atoms in total. The lowest BCUT2D eigenvalue weighted by molar-refractivity contribution is 0.0716. The Hall–Kier alpha value is -4.40. The smallest absolute Gasteiger partial charge is 0.273 e. The van der Waals surface area contributed by atoms with E-state index in [4.69, 9.17) is 18.6 Å². The molecule has 0 spiro atoms. The minimum atomic E-state index is -0.569. The maximum Gasteiger partial charge on any atom is 0.273 e. The number of aromatic amines is 1. The zero-order chi connectivity index (χ0) is 25.6. The predicted molar refractivity (Wildman–Crippen MR) is 132 cm³/mol. The van der Waals surface area contributed by atoms with Gasteiger partial charge in [-0.05, 0) is 60.9 Å². The van der Waals surface area contributed by atoms with E-state index >= 15 is 0 Å². The molecule has 1 aliphatic heterocycles. The minimum absolute atomic E-state index is 0.121. The zero-order valence-electron chi connectivity index (χ0n) is 20.7. The van der Waals surface area contributed by atoms with Gasteiger partial charge >= 0.3 is 0 Å². The van der Waals surface area contributed by atoms with Crippen molar-refractivity contribution in [2.75, 3.05) is 21.3 Å². The van der Waals surface area contributed by atoms with Crippen molar-refractivity contribution in [3.05, 3.63) is 76.4 Å².